The van der Waals surface area contributed by atoms with Crippen LogP contribution in [0.15, 0.2) is 42.5 Å². The first-order valence-electron chi connectivity index (χ1n) is 9.51. The van der Waals surface area contributed by atoms with Crippen molar-refractivity contribution in [2.45, 2.75) is 19.0 Å². The zero-order valence-electron chi connectivity index (χ0n) is 15.9. The standard InChI is InChI=1S/C21H15F4N5O/c22-11-7-8-15-13(10-11)19(30-29-15)28-20-17-16(6-3-9-31-17)26-18(27-20)12-4-1-2-5-14(12)21(23,24)25/h1-2,4-5,7-8,10H,3,6,9H2,(H2,26,27,28,29,30). The summed E-state index contributed by atoms with van der Waals surface area (Å²) in [6.07, 6.45) is -3.35. The van der Waals surface area contributed by atoms with E-state index in [-0.39, 0.29) is 23.0 Å². The minimum Gasteiger partial charge on any atom is -0.488 e. The number of ether oxygens (including phenoxy) is 1. The maximum Gasteiger partial charge on any atom is 0.417 e. The van der Waals surface area contributed by atoms with E-state index >= 15 is 0 Å². The fourth-order valence-corrected chi connectivity index (χ4v) is 3.56. The highest BCUT2D eigenvalue weighted by atomic mass is 19.4. The third-order valence-corrected chi connectivity index (χ3v) is 4.98. The molecule has 2 N–H and O–H groups in total. The molecule has 1 aliphatic rings. The Bertz CT molecular complexity index is 1280. The molecule has 0 spiro atoms. The maximum absolute atomic E-state index is 13.7. The Labute approximate surface area is 173 Å². The smallest absolute Gasteiger partial charge is 0.417 e. The predicted octanol–water partition coefficient (Wildman–Crippen LogP) is 5.25. The summed E-state index contributed by atoms with van der Waals surface area (Å²) in [6, 6.07) is 9.28. The van der Waals surface area contributed by atoms with Crippen LogP contribution in [0, 0.1) is 5.82 Å². The Morgan fingerprint density at radius 2 is 1.87 bits per heavy atom. The zero-order chi connectivity index (χ0) is 21.6. The molecule has 1 aliphatic heterocycles. The molecule has 158 valence electrons. The van der Waals surface area contributed by atoms with E-state index in [1.165, 1.54) is 30.3 Å². The van der Waals surface area contributed by atoms with Crippen molar-refractivity contribution in [3.05, 3.63) is 59.5 Å². The molecule has 0 saturated carbocycles. The van der Waals surface area contributed by atoms with Crippen LogP contribution in [-0.4, -0.2) is 26.8 Å². The number of rotatable bonds is 3. The summed E-state index contributed by atoms with van der Waals surface area (Å²) in [5.41, 5.74) is 0.131. The van der Waals surface area contributed by atoms with Crippen LogP contribution in [0.2, 0.25) is 0 Å². The average molecular weight is 429 g/mol. The van der Waals surface area contributed by atoms with Gasteiger partial charge in [0.25, 0.3) is 0 Å². The summed E-state index contributed by atoms with van der Waals surface area (Å²) in [7, 11) is 0. The van der Waals surface area contributed by atoms with Gasteiger partial charge < -0.3 is 10.1 Å². The summed E-state index contributed by atoms with van der Waals surface area (Å²) in [4.78, 5) is 8.70. The minimum absolute atomic E-state index is 0.0781. The van der Waals surface area contributed by atoms with Gasteiger partial charge in [0.15, 0.2) is 23.2 Å². The summed E-state index contributed by atoms with van der Waals surface area (Å²) in [5.74, 6) is 0.282. The van der Waals surface area contributed by atoms with E-state index in [0.717, 1.165) is 6.07 Å². The molecule has 0 unspecified atom stereocenters. The van der Waals surface area contributed by atoms with Gasteiger partial charge >= 0.3 is 6.18 Å². The molecule has 3 heterocycles. The second-order valence-corrected chi connectivity index (χ2v) is 7.05. The SMILES string of the molecule is Fc1ccc2[nH]nc(Nc3nc(-c4ccccc4C(F)(F)F)nc4c3OCCC4)c2c1. The summed E-state index contributed by atoms with van der Waals surface area (Å²) in [6.45, 7) is 0.430. The average Bonchev–Trinajstić information content (AvgIpc) is 3.15. The van der Waals surface area contributed by atoms with Gasteiger partial charge in [0.1, 0.15) is 5.82 Å². The first kappa shape index (κ1) is 19.3. The Hall–Kier alpha value is -3.69. The van der Waals surface area contributed by atoms with Crippen LogP contribution in [0.1, 0.15) is 17.7 Å². The summed E-state index contributed by atoms with van der Waals surface area (Å²) in [5, 5.41) is 10.4. The van der Waals surface area contributed by atoms with Crippen LogP contribution in [0.4, 0.5) is 29.2 Å². The van der Waals surface area contributed by atoms with Crippen molar-refractivity contribution in [3.63, 3.8) is 0 Å². The van der Waals surface area contributed by atoms with Gasteiger partial charge in [-0.15, -0.1) is 0 Å². The molecule has 2 aromatic carbocycles. The van der Waals surface area contributed by atoms with Crippen LogP contribution >= 0.6 is 0 Å². The van der Waals surface area contributed by atoms with Crippen molar-refractivity contribution in [3.8, 4) is 17.1 Å². The minimum atomic E-state index is -4.56. The van der Waals surface area contributed by atoms with Gasteiger partial charge in [-0.3, -0.25) is 5.10 Å². The first-order chi connectivity index (χ1) is 14.9. The maximum atomic E-state index is 13.7. The lowest BCUT2D eigenvalue weighted by Gasteiger charge is -2.21. The quantitative estimate of drug-likeness (QED) is 0.435. The lowest BCUT2D eigenvalue weighted by Crippen LogP contribution is -2.15. The number of H-pyrrole nitrogens is 1. The number of nitrogens with one attached hydrogen (secondary N) is 2. The molecule has 0 atom stereocenters. The van der Waals surface area contributed by atoms with Gasteiger partial charge in [-0.1, -0.05) is 18.2 Å². The molecule has 6 nitrogen and oxygen atoms in total. The Morgan fingerprint density at radius 1 is 1.03 bits per heavy atom. The van der Waals surface area contributed by atoms with E-state index in [2.05, 4.69) is 25.5 Å². The van der Waals surface area contributed by atoms with Crippen molar-refractivity contribution in [2.24, 2.45) is 0 Å². The molecule has 2 aromatic heterocycles. The van der Waals surface area contributed by atoms with E-state index in [9.17, 15) is 17.6 Å². The highest BCUT2D eigenvalue weighted by Gasteiger charge is 2.34. The molecule has 0 amide bonds. The van der Waals surface area contributed by atoms with E-state index in [1.54, 1.807) is 6.07 Å². The molecule has 0 saturated heterocycles. The third kappa shape index (κ3) is 3.54. The van der Waals surface area contributed by atoms with E-state index in [0.29, 0.717) is 41.8 Å². The van der Waals surface area contributed by atoms with Crippen LogP contribution < -0.4 is 10.1 Å². The summed E-state index contributed by atoms with van der Waals surface area (Å²) < 4.78 is 60.1. The molecule has 31 heavy (non-hydrogen) atoms. The lowest BCUT2D eigenvalue weighted by molar-refractivity contribution is -0.137. The number of alkyl halides is 3. The Kier molecular flexibility index (Phi) is 4.49. The fourth-order valence-electron chi connectivity index (χ4n) is 3.56. The third-order valence-electron chi connectivity index (χ3n) is 4.98. The molecule has 0 bridgehead atoms. The normalized spacial score (nSPS) is 13.7. The van der Waals surface area contributed by atoms with Crippen LogP contribution in [0.25, 0.3) is 22.3 Å². The molecular weight excluding hydrogens is 414 g/mol. The number of halogens is 4. The molecular formula is C21H15F4N5O. The van der Waals surface area contributed by atoms with Crippen molar-refractivity contribution >= 4 is 22.5 Å². The predicted molar refractivity (Wildman–Crippen MR) is 106 cm³/mol. The van der Waals surface area contributed by atoms with Gasteiger partial charge in [0, 0.05) is 10.9 Å². The molecule has 0 radical (unpaired) electrons. The largest absolute Gasteiger partial charge is 0.488 e. The molecule has 0 fully saturated rings. The molecule has 5 rings (SSSR count). The summed E-state index contributed by atoms with van der Waals surface area (Å²) >= 11 is 0. The number of nitrogens with zero attached hydrogens (tertiary/aromatic N) is 3. The highest BCUT2D eigenvalue weighted by Crippen LogP contribution is 2.39. The van der Waals surface area contributed by atoms with Crippen molar-refractivity contribution in [1.82, 2.24) is 20.2 Å². The Morgan fingerprint density at radius 3 is 2.71 bits per heavy atom. The topological polar surface area (TPSA) is 75.7 Å². The van der Waals surface area contributed by atoms with Gasteiger partial charge in [-0.05, 0) is 37.1 Å². The Balaban J connectivity index is 1.65. The van der Waals surface area contributed by atoms with Crippen LogP contribution in [-0.2, 0) is 12.6 Å². The number of benzene rings is 2. The van der Waals surface area contributed by atoms with E-state index < -0.39 is 17.6 Å². The monoisotopic (exact) mass is 429 g/mol. The lowest BCUT2D eigenvalue weighted by atomic mass is 10.1. The number of aromatic nitrogens is 4. The van der Waals surface area contributed by atoms with Gasteiger partial charge in [0.05, 0.1) is 23.4 Å². The van der Waals surface area contributed by atoms with Crippen molar-refractivity contribution in [1.29, 1.82) is 0 Å². The van der Waals surface area contributed by atoms with Gasteiger partial charge in [-0.25, -0.2) is 14.4 Å². The number of anilines is 2. The zero-order valence-corrected chi connectivity index (χ0v) is 15.9. The van der Waals surface area contributed by atoms with Crippen molar-refractivity contribution < 1.29 is 22.3 Å². The number of hydrogen-bond acceptors (Lipinski definition) is 5. The van der Waals surface area contributed by atoms with E-state index in [4.69, 9.17) is 4.74 Å². The van der Waals surface area contributed by atoms with Crippen LogP contribution in [0.3, 0.4) is 0 Å². The fraction of sp³-hybridized carbons (Fsp3) is 0.190. The number of aryl methyl sites for hydroxylation is 1. The van der Waals surface area contributed by atoms with E-state index in [1.807, 2.05) is 0 Å². The van der Waals surface area contributed by atoms with Gasteiger partial charge in [0.2, 0.25) is 0 Å². The molecule has 4 aromatic rings. The number of aromatic amines is 1. The number of hydrogen-bond donors (Lipinski definition) is 2. The second kappa shape index (κ2) is 7.22. The number of fused-ring (bicyclic) bond motifs is 2. The van der Waals surface area contributed by atoms with Crippen LogP contribution in [0.5, 0.6) is 5.75 Å². The van der Waals surface area contributed by atoms with Gasteiger partial charge in [-0.2, -0.15) is 18.3 Å². The van der Waals surface area contributed by atoms with Crippen molar-refractivity contribution in [2.75, 3.05) is 11.9 Å². The second-order valence-electron chi connectivity index (χ2n) is 7.05. The molecule has 10 heteroatoms. The first-order valence-corrected chi connectivity index (χ1v) is 9.51. The highest BCUT2D eigenvalue weighted by molar-refractivity contribution is 5.91. The molecule has 0 aliphatic carbocycles.